The van der Waals surface area contributed by atoms with Crippen LogP contribution in [-0.2, 0) is 6.18 Å². The number of rotatable bonds is 5. The molecule has 1 heterocycles. The first-order valence-electron chi connectivity index (χ1n) is 9.41. The summed E-state index contributed by atoms with van der Waals surface area (Å²) in [4.78, 5) is 6.40. The SMILES string of the molecule is CN(C)c1ccc(/C=C/CN2CCN(c3cccc(C(F)(F)F)c3)CC2)cc1. The van der Waals surface area contributed by atoms with E-state index in [-0.39, 0.29) is 0 Å². The molecule has 0 atom stereocenters. The molecule has 3 rings (SSSR count). The highest BCUT2D eigenvalue weighted by atomic mass is 19.4. The average molecular weight is 389 g/mol. The molecule has 28 heavy (non-hydrogen) atoms. The van der Waals surface area contributed by atoms with E-state index in [1.165, 1.54) is 17.8 Å². The predicted octanol–water partition coefficient (Wildman–Crippen LogP) is 4.61. The fraction of sp³-hybridized carbons (Fsp3) is 0.364. The Morgan fingerprint density at radius 2 is 1.64 bits per heavy atom. The monoisotopic (exact) mass is 389 g/mol. The maximum Gasteiger partial charge on any atom is 0.416 e. The number of alkyl halides is 3. The fourth-order valence-electron chi connectivity index (χ4n) is 3.29. The van der Waals surface area contributed by atoms with Crippen LogP contribution in [0.2, 0.25) is 0 Å². The summed E-state index contributed by atoms with van der Waals surface area (Å²) in [6, 6.07) is 14.0. The lowest BCUT2D eigenvalue weighted by molar-refractivity contribution is -0.137. The number of piperazine rings is 1. The molecule has 0 aromatic heterocycles. The Bertz CT molecular complexity index is 789. The number of halogens is 3. The first-order valence-corrected chi connectivity index (χ1v) is 9.41. The van der Waals surface area contributed by atoms with Gasteiger partial charge in [-0.1, -0.05) is 30.4 Å². The largest absolute Gasteiger partial charge is 0.416 e. The first kappa shape index (κ1) is 20.3. The van der Waals surface area contributed by atoms with Crippen molar-refractivity contribution in [2.24, 2.45) is 0 Å². The van der Waals surface area contributed by atoms with E-state index in [1.807, 2.05) is 19.0 Å². The molecule has 2 aromatic rings. The quantitative estimate of drug-likeness (QED) is 0.740. The summed E-state index contributed by atoms with van der Waals surface area (Å²) in [5.74, 6) is 0. The van der Waals surface area contributed by atoms with E-state index >= 15 is 0 Å². The van der Waals surface area contributed by atoms with Gasteiger partial charge >= 0.3 is 6.18 Å². The van der Waals surface area contributed by atoms with Crippen molar-refractivity contribution in [3.05, 3.63) is 65.7 Å². The van der Waals surface area contributed by atoms with Gasteiger partial charge in [0.25, 0.3) is 0 Å². The molecule has 0 spiro atoms. The number of nitrogens with zero attached hydrogens (tertiary/aromatic N) is 3. The van der Waals surface area contributed by atoms with Crippen molar-refractivity contribution in [2.45, 2.75) is 6.18 Å². The molecule has 1 fully saturated rings. The maximum absolute atomic E-state index is 12.9. The molecule has 0 aliphatic carbocycles. The van der Waals surface area contributed by atoms with E-state index in [0.717, 1.165) is 44.4 Å². The molecular formula is C22H26F3N3. The lowest BCUT2D eigenvalue weighted by atomic mass is 10.1. The van der Waals surface area contributed by atoms with E-state index in [0.29, 0.717) is 5.69 Å². The highest BCUT2D eigenvalue weighted by molar-refractivity contribution is 5.55. The summed E-state index contributed by atoms with van der Waals surface area (Å²) in [5.41, 5.74) is 2.39. The minimum atomic E-state index is -4.30. The van der Waals surface area contributed by atoms with Crippen LogP contribution in [0.4, 0.5) is 24.5 Å². The van der Waals surface area contributed by atoms with Crippen molar-refractivity contribution < 1.29 is 13.2 Å². The van der Waals surface area contributed by atoms with Gasteiger partial charge in [-0.15, -0.1) is 0 Å². The summed E-state index contributed by atoms with van der Waals surface area (Å²) in [6.45, 7) is 3.96. The zero-order valence-corrected chi connectivity index (χ0v) is 16.3. The summed E-state index contributed by atoms with van der Waals surface area (Å²) in [6.07, 6.45) is -0.0450. The van der Waals surface area contributed by atoms with Crippen LogP contribution in [0.1, 0.15) is 11.1 Å². The molecule has 3 nitrogen and oxygen atoms in total. The molecule has 0 radical (unpaired) electrons. The molecule has 1 saturated heterocycles. The third-order valence-electron chi connectivity index (χ3n) is 4.99. The number of anilines is 2. The van der Waals surface area contributed by atoms with Gasteiger partial charge in [0, 0.05) is 58.2 Å². The van der Waals surface area contributed by atoms with Crippen LogP contribution < -0.4 is 9.80 Å². The van der Waals surface area contributed by atoms with Crippen LogP contribution in [0.5, 0.6) is 0 Å². The zero-order valence-electron chi connectivity index (χ0n) is 16.3. The van der Waals surface area contributed by atoms with E-state index in [4.69, 9.17) is 0 Å². The van der Waals surface area contributed by atoms with Crippen LogP contribution >= 0.6 is 0 Å². The average Bonchev–Trinajstić information content (AvgIpc) is 2.68. The Balaban J connectivity index is 1.50. The van der Waals surface area contributed by atoms with Gasteiger partial charge in [0.2, 0.25) is 0 Å². The maximum atomic E-state index is 12.9. The second-order valence-corrected chi connectivity index (χ2v) is 7.22. The summed E-state index contributed by atoms with van der Waals surface area (Å²) >= 11 is 0. The van der Waals surface area contributed by atoms with E-state index in [9.17, 15) is 13.2 Å². The van der Waals surface area contributed by atoms with Crippen molar-refractivity contribution >= 4 is 17.5 Å². The smallest absolute Gasteiger partial charge is 0.378 e. The van der Waals surface area contributed by atoms with Gasteiger partial charge in [-0.3, -0.25) is 4.90 Å². The molecule has 0 unspecified atom stereocenters. The fourth-order valence-corrected chi connectivity index (χ4v) is 3.29. The lowest BCUT2D eigenvalue weighted by Crippen LogP contribution is -2.46. The van der Waals surface area contributed by atoms with Crippen molar-refractivity contribution in [1.29, 1.82) is 0 Å². The number of hydrogen-bond acceptors (Lipinski definition) is 3. The molecule has 2 aromatic carbocycles. The van der Waals surface area contributed by atoms with E-state index in [2.05, 4.69) is 46.2 Å². The Hall–Kier alpha value is -2.47. The number of benzene rings is 2. The number of hydrogen-bond donors (Lipinski definition) is 0. The molecule has 6 heteroatoms. The van der Waals surface area contributed by atoms with Crippen molar-refractivity contribution in [3.63, 3.8) is 0 Å². The van der Waals surface area contributed by atoms with Gasteiger partial charge in [0.15, 0.2) is 0 Å². The Kier molecular flexibility index (Phi) is 6.29. The summed E-state index contributed by atoms with van der Waals surface area (Å²) in [5, 5.41) is 0. The topological polar surface area (TPSA) is 9.72 Å². The zero-order chi connectivity index (χ0) is 20.1. The normalized spacial score (nSPS) is 16.0. The van der Waals surface area contributed by atoms with Gasteiger partial charge in [0.05, 0.1) is 5.56 Å². The Labute approximate surface area is 164 Å². The molecule has 1 aliphatic rings. The van der Waals surface area contributed by atoms with Gasteiger partial charge in [-0.05, 0) is 35.9 Å². The van der Waals surface area contributed by atoms with Crippen LogP contribution in [-0.4, -0.2) is 51.7 Å². The highest BCUT2D eigenvalue weighted by Crippen LogP contribution is 2.31. The standard InChI is InChI=1S/C22H26F3N3/c1-26(2)20-10-8-18(9-11-20)5-4-12-27-13-15-28(16-14-27)21-7-3-6-19(17-21)22(23,24)25/h3-11,17H,12-16H2,1-2H3/b5-4+. The molecule has 0 amide bonds. The second kappa shape index (κ2) is 8.69. The minimum Gasteiger partial charge on any atom is -0.378 e. The summed E-state index contributed by atoms with van der Waals surface area (Å²) in [7, 11) is 4.04. The van der Waals surface area contributed by atoms with E-state index < -0.39 is 11.7 Å². The second-order valence-electron chi connectivity index (χ2n) is 7.22. The van der Waals surface area contributed by atoms with Crippen LogP contribution in [0.25, 0.3) is 6.08 Å². The third-order valence-corrected chi connectivity index (χ3v) is 4.99. The first-order chi connectivity index (χ1) is 13.3. The van der Waals surface area contributed by atoms with Crippen LogP contribution in [0, 0.1) is 0 Å². The van der Waals surface area contributed by atoms with Gasteiger partial charge in [-0.25, -0.2) is 0 Å². The van der Waals surface area contributed by atoms with Crippen LogP contribution in [0.15, 0.2) is 54.6 Å². The molecule has 150 valence electrons. The Morgan fingerprint density at radius 1 is 0.964 bits per heavy atom. The van der Waals surface area contributed by atoms with E-state index in [1.54, 1.807) is 6.07 Å². The molecule has 0 N–H and O–H groups in total. The highest BCUT2D eigenvalue weighted by Gasteiger charge is 2.31. The van der Waals surface area contributed by atoms with Gasteiger partial charge in [-0.2, -0.15) is 13.2 Å². The molecule has 0 saturated carbocycles. The summed E-state index contributed by atoms with van der Waals surface area (Å²) < 4.78 is 38.7. The molecular weight excluding hydrogens is 363 g/mol. The van der Waals surface area contributed by atoms with Gasteiger partial charge < -0.3 is 9.80 Å². The van der Waals surface area contributed by atoms with Crippen LogP contribution in [0.3, 0.4) is 0 Å². The molecule has 1 aliphatic heterocycles. The van der Waals surface area contributed by atoms with Crippen molar-refractivity contribution in [1.82, 2.24) is 4.90 Å². The minimum absolute atomic E-state index is 0.587. The lowest BCUT2D eigenvalue weighted by Gasteiger charge is -2.35. The van der Waals surface area contributed by atoms with Crippen molar-refractivity contribution in [2.75, 3.05) is 56.6 Å². The third kappa shape index (κ3) is 5.29. The molecule has 0 bridgehead atoms. The van der Waals surface area contributed by atoms with Crippen molar-refractivity contribution in [3.8, 4) is 0 Å². The predicted molar refractivity (Wildman–Crippen MR) is 110 cm³/mol. The van der Waals surface area contributed by atoms with Gasteiger partial charge in [0.1, 0.15) is 0 Å². The Morgan fingerprint density at radius 3 is 2.25 bits per heavy atom.